The first-order valence-electron chi connectivity index (χ1n) is 17.4. The second-order valence-electron chi connectivity index (χ2n) is 13.5. The molecular formula is C47H27N5. The van der Waals surface area contributed by atoms with E-state index in [4.69, 9.17) is 15.0 Å². The van der Waals surface area contributed by atoms with Crippen LogP contribution >= 0.6 is 0 Å². The summed E-state index contributed by atoms with van der Waals surface area (Å²) in [6.07, 6.45) is 0. The van der Waals surface area contributed by atoms with Gasteiger partial charge in [0.05, 0.1) is 28.1 Å². The van der Waals surface area contributed by atoms with Crippen molar-refractivity contribution in [3.63, 3.8) is 0 Å². The number of rotatable bonds is 3. The van der Waals surface area contributed by atoms with Crippen molar-refractivity contribution in [1.82, 2.24) is 19.5 Å². The molecule has 5 nitrogen and oxygen atoms in total. The normalized spacial score (nSPS) is 13.1. The molecule has 0 N–H and O–H groups in total. The molecule has 0 saturated carbocycles. The summed E-state index contributed by atoms with van der Waals surface area (Å²) in [5.41, 5.74) is 14.1. The molecule has 11 rings (SSSR count). The molecule has 0 bridgehead atoms. The van der Waals surface area contributed by atoms with Crippen LogP contribution in [0.3, 0.4) is 0 Å². The molecule has 0 saturated heterocycles. The molecule has 52 heavy (non-hydrogen) atoms. The summed E-state index contributed by atoms with van der Waals surface area (Å²) in [4.78, 5) is 15.3. The molecular weight excluding hydrogens is 635 g/mol. The number of para-hydroxylation sites is 1. The fourth-order valence-electron chi connectivity index (χ4n) is 8.89. The first kappa shape index (κ1) is 28.7. The molecule has 2 aliphatic rings. The number of aromatic nitrogens is 4. The van der Waals surface area contributed by atoms with Gasteiger partial charge in [0, 0.05) is 21.9 Å². The van der Waals surface area contributed by atoms with Crippen molar-refractivity contribution < 1.29 is 0 Å². The molecule has 0 fully saturated rings. The largest absolute Gasteiger partial charge is 0.278 e. The van der Waals surface area contributed by atoms with Gasteiger partial charge in [0.2, 0.25) is 5.95 Å². The van der Waals surface area contributed by atoms with Crippen molar-refractivity contribution in [2.24, 2.45) is 0 Å². The number of nitrogens with zero attached hydrogens (tertiary/aromatic N) is 5. The number of hydrogen-bond donors (Lipinski definition) is 0. The van der Waals surface area contributed by atoms with Crippen molar-refractivity contribution in [2.45, 2.75) is 5.41 Å². The summed E-state index contributed by atoms with van der Waals surface area (Å²) in [7, 11) is 0. The Morgan fingerprint density at radius 2 is 1.08 bits per heavy atom. The lowest BCUT2D eigenvalue weighted by atomic mass is 9.70. The van der Waals surface area contributed by atoms with Crippen LogP contribution < -0.4 is 0 Å². The summed E-state index contributed by atoms with van der Waals surface area (Å²) < 4.78 is 2.18. The molecule has 7 aromatic carbocycles. The predicted octanol–water partition coefficient (Wildman–Crippen LogP) is 10.5. The second kappa shape index (κ2) is 10.7. The second-order valence-corrected chi connectivity index (χ2v) is 13.5. The molecule has 5 heteroatoms. The van der Waals surface area contributed by atoms with E-state index >= 15 is 0 Å². The molecule has 0 unspecified atom stereocenters. The fourth-order valence-corrected chi connectivity index (χ4v) is 8.89. The van der Waals surface area contributed by atoms with Crippen LogP contribution in [0.4, 0.5) is 0 Å². The van der Waals surface area contributed by atoms with Gasteiger partial charge in [-0.15, -0.1) is 0 Å². The summed E-state index contributed by atoms with van der Waals surface area (Å²) in [6, 6.07) is 59.6. The zero-order chi connectivity index (χ0) is 34.4. The van der Waals surface area contributed by atoms with Crippen molar-refractivity contribution in [2.75, 3.05) is 0 Å². The van der Waals surface area contributed by atoms with E-state index in [0.717, 1.165) is 27.5 Å². The Hall–Kier alpha value is -7.16. The van der Waals surface area contributed by atoms with E-state index in [2.05, 4.69) is 120 Å². The minimum absolute atomic E-state index is 0.441. The van der Waals surface area contributed by atoms with Gasteiger partial charge >= 0.3 is 0 Å². The maximum absolute atomic E-state index is 9.71. The summed E-state index contributed by atoms with van der Waals surface area (Å²) in [6.45, 7) is 0. The van der Waals surface area contributed by atoms with E-state index in [-0.39, 0.29) is 0 Å². The lowest BCUT2D eigenvalue weighted by molar-refractivity contribution is 0.794. The minimum atomic E-state index is -0.441. The van der Waals surface area contributed by atoms with Crippen LogP contribution in [0.5, 0.6) is 0 Å². The van der Waals surface area contributed by atoms with E-state index in [9.17, 15) is 5.26 Å². The molecule has 1 spiro atoms. The monoisotopic (exact) mass is 661 g/mol. The van der Waals surface area contributed by atoms with Gasteiger partial charge in [-0.1, -0.05) is 140 Å². The summed E-state index contributed by atoms with van der Waals surface area (Å²) in [5.74, 6) is 1.60. The number of benzene rings is 7. The first-order valence-corrected chi connectivity index (χ1v) is 17.4. The third-order valence-electron chi connectivity index (χ3n) is 10.9. The van der Waals surface area contributed by atoms with Gasteiger partial charge < -0.3 is 0 Å². The Morgan fingerprint density at radius 3 is 1.81 bits per heavy atom. The molecule has 0 atom stereocenters. The van der Waals surface area contributed by atoms with Gasteiger partial charge in [-0.3, -0.25) is 4.57 Å². The van der Waals surface area contributed by atoms with E-state index < -0.39 is 5.41 Å². The van der Waals surface area contributed by atoms with Crippen LogP contribution in [0, 0.1) is 11.3 Å². The molecule has 240 valence electrons. The zero-order valence-corrected chi connectivity index (χ0v) is 27.8. The minimum Gasteiger partial charge on any atom is -0.278 e. The van der Waals surface area contributed by atoms with Crippen molar-refractivity contribution in [3.8, 4) is 57.0 Å². The Labute approximate surface area is 299 Å². The van der Waals surface area contributed by atoms with Crippen molar-refractivity contribution in [1.29, 1.82) is 5.26 Å². The van der Waals surface area contributed by atoms with E-state index in [0.29, 0.717) is 23.2 Å². The molecule has 2 aromatic heterocycles. The van der Waals surface area contributed by atoms with Gasteiger partial charge in [-0.2, -0.15) is 15.2 Å². The van der Waals surface area contributed by atoms with Crippen molar-refractivity contribution in [3.05, 3.63) is 192 Å². The van der Waals surface area contributed by atoms with Crippen molar-refractivity contribution >= 4 is 21.8 Å². The van der Waals surface area contributed by atoms with Crippen LogP contribution in [0.15, 0.2) is 164 Å². The van der Waals surface area contributed by atoms with Gasteiger partial charge in [-0.25, -0.2) is 4.98 Å². The van der Waals surface area contributed by atoms with Gasteiger partial charge in [0.15, 0.2) is 11.6 Å². The first-order chi connectivity index (χ1) is 25.8. The predicted molar refractivity (Wildman–Crippen MR) is 206 cm³/mol. The Balaban J connectivity index is 1.25. The molecule has 0 amide bonds. The molecule has 2 heterocycles. The highest BCUT2D eigenvalue weighted by molar-refractivity contribution is 6.18. The van der Waals surface area contributed by atoms with Gasteiger partial charge in [-0.05, 0) is 68.8 Å². The average Bonchev–Trinajstić information content (AvgIpc) is 3.83. The highest BCUT2D eigenvalue weighted by Crippen LogP contribution is 2.64. The maximum Gasteiger partial charge on any atom is 0.238 e. The van der Waals surface area contributed by atoms with E-state index in [1.165, 1.54) is 49.9 Å². The lowest BCUT2D eigenvalue weighted by Crippen LogP contribution is -2.25. The Kier molecular flexibility index (Phi) is 5.88. The van der Waals surface area contributed by atoms with Gasteiger partial charge in [0.25, 0.3) is 0 Å². The van der Waals surface area contributed by atoms with E-state index in [1.807, 2.05) is 48.5 Å². The molecule has 9 aromatic rings. The standard InChI is InChI=1S/C47H27N5/c48-28-29-13-12-16-31(27-29)45-49-44(30-14-2-1-3-15-30)50-46(51-45)52-40-24-11-7-20-35(40)43-41(52)26-25-39-42(43)34-19-6-10-23-38(34)47(39)36-21-8-4-17-32(36)33-18-5-9-22-37(33)47/h1-27H. The topological polar surface area (TPSA) is 67.4 Å². The summed E-state index contributed by atoms with van der Waals surface area (Å²) in [5, 5.41) is 12.0. The average molecular weight is 662 g/mol. The Bertz CT molecular complexity index is 2940. The van der Waals surface area contributed by atoms with Gasteiger partial charge in [0.1, 0.15) is 0 Å². The third kappa shape index (κ3) is 3.73. The lowest BCUT2D eigenvalue weighted by Gasteiger charge is -2.30. The highest BCUT2D eigenvalue weighted by atomic mass is 15.2. The zero-order valence-electron chi connectivity index (χ0n) is 27.8. The van der Waals surface area contributed by atoms with Crippen LogP contribution in [0.1, 0.15) is 27.8 Å². The quantitative estimate of drug-likeness (QED) is 0.189. The smallest absolute Gasteiger partial charge is 0.238 e. The molecule has 2 aliphatic carbocycles. The molecule has 0 aliphatic heterocycles. The van der Waals surface area contributed by atoms with Crippen LogP contribution in [-0.4, -0.2) is 19.5 Å². The van der Waals surface area contributed by atoms with Crippen LogP contribution in [0.25, 0.3) is 72.8 Å². The maximum atomic E-state index is 9.71. The number of fused-ring (bicyclic) bond motifs is 14. The fraction of sp³-hybridized carbons (Fsp3) is 0.0213. The molecule has 0 radical (unpaired) electrons. The van der Waals surface area contributed by atoms with Crippen LogP contribution in [0.2, 0.25) is 0 Å². The van der Waals surface area contributed by atoms with E-state index in [1.54, 1.807) is 6.07 Å². The number of nitriles is 1. The highest BCUT2D eigenvalue weighted by Gasteiger charge is 2.52. The Morgan fingerprint density at radius 1 is 0.481 bits per heavy atom. The van der Waals surface area contributed by atoms with Crippen LogP contribution in [-0.2, 0) is 5.41 Å². The number of hydrogen-bond acceptors (Lipinski definition) is 4. The SMILES string of the molecule is N#Cc1cccc(-c2nc(-c3ccccc3)nc(-n3c4ccccc4c4c5c(ccc43)C3(c4ccccc4-c4ccccc43)c3ccccc3-5)n2)c1. The third-order valence-corrected chi connectivity index (χ3v) is 10.9. The summed E-state index contributed by atoms with van der Waals surface area (Å²) >= 11 is 0.